The molecule has 0 saturated heterocycles. The molecule has 26 heavy (non-hydrogen) atoms. The van der Waals surface area contributed by atoms with Gasteiger partial charge >= 0.3 is 0 Å². The van der Waals surface area contributed by atoms with E-state index >= 15 is 0 Å². The van der Waals surface area contributed by atoms with E-state index in [2.05, 4.69) is 26.8 Å². The maximum absolute atomic E-state index is 11.5. The van der Waals surface area contributed by atoms with E-state index < -0.39 is 0 Å². The first-order chi connectivity index (χ1) is 12.5. The van der Waals surface area contributed by atoms with Crippen LogP contribution in [0.5, 0.6) is 0 Å². The van der Waals surface area contributed by atoms with Gasteiger partial charge in [-0.05, 0) is 36.4 Å². The monoisotopic (exact) mass is 376 g/mol. The molecule has 8 heteroatoms. The summed E-state index contributed by atoms with van der Waals surface area (Å²) in [5.74, 6) is -0.0218. The minimum Gasteiger partial charge on any atom is -0.375 e. The number of nitrogens with zero attached hydrogens (tertiary/aromatic N) is 3. The number of ketones is 1. The van der Waals surface area contributed by atoms with Crippen LogP contribution in [0, 0.1) is 0 Å². The predicted octanol–water partition coefficient (Wildman–Crippen LogP) is 1.82. The summed E-state index contributed by atoms with van der Waals surface area (Å²) in [7, 11) is 1.50. The van der Waals surface area contributed by atoms with Gasteiger partial charge in [0.2, 0.25) is 5.91 Å². The van der Waals surface area contributed by atoms with Crippen molar-refractivity contribution in [3.05, 3.63) is 39.3 Å². The smallest absolute Gasteiger partial charge is 0.246 e. The van der Waals surface area contributed by atoms with Gasteiger partial charge in [0.15, 0.2) is 5.78 Å². The fraction of sp³-hybridized carbons (Fsp3) is 0.500. The topological polar surface area (TPSA) is 76.5 Å². The number of thiophene rings is 1. The van der Waals surface area contributed by atoms with Crippen molar-refractivity contribution in [3.63, 3.8) is 0 Å². The number of amides is 1. The SMILES string of the molecule is COCC(=O)NCc1cc2n(n1)CCCN(Cc1csc(C(C)=O)c1)C2. The molecule has 1 N–H and O–H groups in total. The van der Waals surface area contributed by atoms with Crippen molar-refractivity contribution >= 4 is 23.0 Å². The highest BCUT2D eigenvalue weighted by Gasteiger charge is 2.18. The van der Waals surface area contributed by atoms with Crippen LogP contribution in [0.15, 0.2) is 17.5 Å². The lowest BCUT2D eigenvalue weighted by atomic mass is 10.2. The number of hydrogen-bond donors (Lipinski definition) is 1. The lowest BCUT2D eigenvalue weighted by molar-refractivity contribution is -0.124. The van der Waals surface area contributed by atoms with E-state index in [0.29, 0.717) is 6.54 Å². The number of hydrogen-bond acceptors (Lipinski definition) is 6. The van der Waals surface area contributed by atoms with E-state index in [0.717, 1.165) is 48.9 Å². The van der Waals surface area contributed by atoms with Crippen LogP contribution in [0.4, 0.5) is 0 Å². The standard InChI is InChI=1S/C18H24N4O3S/c1-13(23)17-6-14(12-26-17)9-21-4-3-5-22-16(10-21)7-15(20-22)8-19-18(24)11-25-2/h6-7,12H,3-5,8-11H2,1-2H3,(H,19,24). The van der Waals surface area contributed by atoms with E-state index in [4.69, 9.17) is 4.74 Å². The molecule has 0 aliphatic carbocycles. The minimum absolute atomic E-state index is 0.0598. The molecule has 1 amide bonds. The van der Waals surface area contributed by atoms with Crippen molar-refractivity contribution in [3.8, 4) is 0 Å². The molecule has 0 radical (unpaired) electrons. The van der Waals surface area contributed by atoms with E-state index in [-0.39, 0.29) is 18.3 Å². The summed E-state index contributed by atoms with van der Waals surface area (Å²) in [6.45, 7) is 5.58. The van der Waals surface area contributed by atoms with E-state index in [1.807, 2.05) is 10.7 Å². The Labute approximate surface area is 156 Å². The first-order valence-electron chi connectivity index (χ1n) is 8.67. The Morgan fingerprint density at radius 2 is 2.19 bits per heavy atom. The molecule has 0 spiro atoms. The summed E-state index contributed by atoms with van der Waals surface area (Å²) in [5, 5.41) is 9.47. The molecule has 0 aromatic carbocycles. The van der Waals surface area contributed by atoms with Gasteiger partial charge in [0.05, 0.1) is 22.8 Å². The van der Waals surface area contributed by atoms with Gasteiger partial charge in [0.1, 0.15) is 6.61 Å². The molecule has 3 rings (SSSR count). The molecule has 140 valence electrons. The molecule has 1 aliphatic heterocycles. The van der Waals surface area contributed by atoms with Crippen LogP contribution in [-0.4, -0.2) is 46.6 Å². The summed E-state index contributed by atoms with van der Waals surface area (Å²) >= 11 is 1.51. The van der Waals surface area contributed by atoms with Crippen molar-refractivity contribution in [1.29, 1.82) is 0 Å². The fourth-order valence-electron chi connectivity index (χ4n) is 3.08. The quantitative estimate of drug-likeness (QED) is 0.746. The Bertz CT molecular complexity index is 783. The second-order valence-electron chi connectivity index (χ2n) is 6.50. The fourth-order valence-corrected chi connectivity index (χ4v) is 3.89. The van der Waals surface area contributed by atoms with Crippen LogP contribution in [0.2, 0.25) is 0 Å². The van der Waals surface area contributed by atoms with Crippen molar-refractivity contribution in [1.82, 2.24) is 20.0 Å². The van der Waals surface area contributed by atoms with Gasteiger partial charge in [-0.3, -0.25) is 19.2 Å². The summed E-state index contributed by atoms with van der Waals surface area (Å²) in [5.41, 5.74) is 3.20. The zero-order valence-electron chi connectivity index (χ0n) is 15.2. The zero-order chi connectivity index (χ0) is 18.5. The average molecular weight is 376 g/mol. The highest BCUT2D eigenvalue weighted by atomic mass is 32.1. The maximum atomic E-state index is 11.5. The maximum Gasteiger partial charge on any atom is 0.246 e. The molecular weight excluding hydrogens is 352 g/mol. The Morgan fingerprint density at radius 1 is 1.35 bits per heavy atom. The number of nitrogens with one attached hydrogen (secondary N) is 1. The lowest BCUT2D eigenvalue weighted by Gasteiger charge is -2.18. The van der Waals surface area contributed by atoms with Crippen LogP contribution < -0.4 is 5.32 Å². The third-order valence-corrected chi connectivity index (χ3v) is 5.37. The number of Topliss-reactive ketones (excluding diaryl/α,β-unsaturated/α-hetero) is 1. The third kappa shape index (κ3) is 4.78. The molecule has 7 nitrogen and oxygen atoms in total. The zero-order valence-corrected chi connectivity index (χ0v) is 16.0. The van der Waals surface area contributed by atoms with E-state index in [1.165, 1.54) is 24.0 Å². The molecule has 0 fully saturated rings. The molecule has 3 heterocycles. The predicted molar refractivity (Wildman–Crippen MR) is 99.0 cm³/mol. The summed E-state index contributed by atoms with van der Waals surface area (Å²) in [4.78, 5) is 26.2. The molecular formula is C18H24N4O3S. The number of ether oxygens (including phenoxy) is 1. The van der Waals surface area contributed by atoms with Gasteiger partial charge < -0.3 is 10.1 Å². The van der Waals surface area contributed by atoms with Gasteiger partial charge in [0, 0.05) is 33.3 Å². The normalized spacial score (nSPS) is 14.7. The number of aryl methyl sites for hydroxylation is 1. The van der Waals surface area contributed by atoms with E-state index in [1.54, 1.807) is 6.92 Å². The molecule has 0 bridgehead atoms. The molecule has 2 aromatic heterocycles. The molecule has 1 aliphatic rings. The van der Waals surface area contributed by atoms with Crippen LogP contribution in [0.1, 0.15) is 40.0 Å². The van der Waals surface area contributed by atoms with Crippen molar-refractivity contribution in [2.45, 2.75) is 39.5 Å². The van der Waals surface area contributed by atoms with Crippen molar-refractivity contribution < 1.29 is 14.3 Å². The van der Waals surface area contributed by atoms with Crippen LogP contribution in [0.25, 0.3) is 0 Å². The summed E-state index contributed by atoms with van der Waals surface area (Å²) < 4.78 is 6.85. The molecule has 0 unspecified atom stereocenters. The molecule has 0 saturated carbocycles. The summed E-state index contributed by atoms with van der Waals surface area (Å²) in [6, 6.07) is 4.05. The Kier molecular flexibility index (Phi) is 6.18. The Morgan fingerprint density at radius 3 is 2.92 bits per heavy atom. The van der Waals surface area contributed by atoms with Crippen molar-refractivity contribution in [2.75, 3.05) is 20.3 Å². The Balaban J connectivity index is 1.61. The average Bonchev–Trinajstić information content (AvgIpc) is 3.17. The second-order valence-corrected chi connectivity index (χ2v) is 7.41. The van der Waals surface area contributed by atoms with Gasteiger partial charge in [-0.2, -0.15) is 5.10 Å². The van der Waals surface area contributed by atoms with Gasteiger partial charge in [-0.1, -0.05) is 0 Å². The third-order valence-electron chi connectivity index (χ3n) is 4.29. The van der Waals surface area contributed by atoms with Crippen molar-refractivity contribution in [2.24, 2.45) is 0 Å². The first kappa shape index (κ1) is 18.8. The highest BCUT2D eigenvalue weighted by molar-refractivity contribution is 7.12. The second kappa shape index (κ2) is 8.57. The molecule has 2 aromatic rings. The van der Waals surface area contributed by atoms with Crippen LogP contribution in [0.3, 0.4) is 0 Å². The number of aromatic nitrogens is 2. The van der Waals surface area contributed by atoms with E-state index in [9.17, 15) is 9.59 Å². The number of methoxy groups -OCH3 is 1. The van der Waals surface area contributed by atoms with Gasteiger partial charge in [-0.15, -0.1) is 11.3 Å². The summed E-state index contributed by atoms with van der Waals surface area (Å²) in [6.07, 6.45) is 1.02. The first-order valence-corrected chi connectivity index (χ1v) is 9.55. The largest absolute Gasteiger partial charge is 0.375 e. The highest BCUT2D eigenvalue weighted by Crippen LogP contribution is 2.20. The number of rotatable bonds is 7. The molecule has 0 atom stereocenters. The number of fused-ring (bicyclic) bond motifs is 1. The minimum atomic E-state index is -0.143. The van der Waals surface area contributed by atoms with Gasteiger partial charge in [0.25, 0.3) is 0 Å². The number of carbonyl (C=O) groups excluding carboxylic acids is 2. The Hall–Kier alpha value is -2.03. The van der Waals surface area contributed by atoms with Gasteiger partial charge in [-0.25, -0.2) is 0 Å². The number of carbonyl (C=O) groups is 2. The van der Waals surface area contributed by atoms with Crippen LogP contribution in [-0.2, 0) is 35.7 Å². The van der Waals surface area contributed by atoms with Crippen LogP contribution >= 0.6 is 11.3 Å². The lowest BCUT2D eigenvalue weighted by Crippen LogP contribution is -2.26.